The third-order valence-corrected chi connectivity index (χ3v) is 3.63. The van der Waals surface area contributed by atoms with Gasteiger partial charge in [0.15, 0.2) is 0 Å². The van der Waals surface area contributed by atoms with Crippen molar-refractivity contribution in [3.05, 3.63) is 54.6 Å². The van der Waals surface area contributed by atoms with Crippen LogP contribution in [0.25, 0.3) is 5.95 Å². The van der Waals surface area contributed by atoms with Crippen LogP contribution in [0.15, 0.2) is 49.1 Å². The van der Waals surface area contributed by atoms with Crippen molar-refractivity contribution in [2.75, 3.05) is 29.6 Å². The Morgan fingerprint density at radius 1 is 1.07 bits per heavy atom. The van der Waals surface area contributed by atoms with Gasteiger partial charge in [-0.2, -0.15) is 18.3 Å². The predicted molar refractivity (Wildman–Crippen MR) is 97.6 cm³/mol. The average Bonchev–Trinajstić information content (AvgIpc) is 3.09. The highest BCUT2D eigenvalue weighted by molar-refractivity contribution is 5.99. The van der Waals surface area contributed by atoms with Gasteiger partial charge in [0.05, 0.1) is 41.7 Å². The maximum atomic E-state index is 12.7. The molecule has 3 rings (SSSR count). The Hall–Kier alpha value is -3.63. The lowest BCUT2D eigenvalue weighted by molar-refractivity contribution is -0.137. The molecule has 0 unspecified atom stereocenters. The molecule has 0 atom stereocenters. The van der Waals surface area contributed by atoms with Crippen LogP contribution in [0.1, 0.15) is 5.56 Å². The minimum absolute atomic E-state index is 0.0160. The number of halogens is 3. The van der Waals surface area contributed by atoms with E-state index in [0.717, 1.165) is 17.8 Å². The smallest absolute Gasteiger partial charge is 0.375 e. The molecule has 0 aliphatic rings. The van der Waals surface area contributed by atoms with Gasteiger partial charge in [0, 0.05) is 19.8 Å². The van der Waals surface area contributed by atoms with Crippen LogP contribution in [-0.4, -0.2) is 39.9 Å². The molecule has 146 valence electrons. The van der Waals surface area contributed by atoms with E-state index in [2.05, 4.69) is 25.7 Å². The van der Waals surface area contributed by atoms with Crippen molar-refractivity contribution in [1.82, 2.24) is 19.7 Å². The largest absolute Gasteiger partial charge is 0.416 e. The molecule has 0 aliphatic heterocycles. The van der Waals surface area contributed by atoms with Gasteiger partial charge in [-0.05, 0) is 18.2 Å². The lowest BCUT2D eigenvalue weighted by Crippen LogP contribution is -2.19. The predicted octanol–water partition coefficient (Wildman–Crippen LogP) is 3.39. The van der Waals surface area contributed by atoms with E-state index in [0.29, 0.717) is 11.6 Å². The number of carbonyl (C=O) groups is 1. The van der Waals surface area contributed by atoms with Crippen LogP contribution in [0.2, 0.25) is 0 Å². The number of benzene rings is 1. The Morgan fingerprint density at radius 2 is 1.75 bits per heavy atom. The number of alkyl halides is 3. The van der Waals surface area contributed by atoms with Crippen LogP contribution in [0.3, 0.4) is 0 Å². The topological polar surface area (TPSA) is 88.0 Å². The lowest BCUT2D eigenvalue weighted by Gasteiger charge is -2.11. The molecule has 0 bridgehead atoms. The fourth-order valence-electron chi connectivity index (χ4n) is 2.23. The number of anilines is 3. The fraction of sp³-hybridized carbons (Fsp3) is 0.176. The summed E-state index contributed by atoms with van der Waals surface area (Å²) in [6.07, 6.45) is 1.61. The zero-order valence-electron chi connectivity index (χ0n) is 14.9. The normalized spacial score (nSPS) is 11.2. The number of hydrogen-bond donors (Lipinski definition) is 2. The Bertz CT molecular complexity index is 967. The Morgan fingerprint density at radius 3 is 2.39 bits per heavy atom. The van der Waals surface area contributed by atoms with Crippen molar-refractivity contribution in [3.8, 4) is 5.95 Å². The molecule has 2 aromatic heterocycles. The first-order chi connectivity index (χ1) is 13.2. The van der Waals surface area contributed by atoms with E-state index in [-0.39, 0.29) is 5.69 Å². The molecule has 0 fully saturated rings. The number of rotatable bonds is 4. The van der Waals surface area contributed by atoms with E-state index in [1.165, 1.54) is 29.2 Å². The number of urea groups is 1. The highest BCUT2D eigenvalue weighted by Gasteiger charge is 2.30. The van der Waals surface area contributed by atoms with E-state index in [1.807, 2.05) is 19.0 Å². The second-order valence-corrected chi connectivity index (χ2v) is 5.97. The minimum atomic E-state index is -4.49. The van der Waals surface area contributed by atoms with E-state index in [9.17, 15) is 18.0 Å². The van der Waals surface area contributed by atoms with Crippen LogP contribution in [-0.2, 0) is 6.18 Å². The van der Waals surface area contributed by atoms with Gasteiger partial charge in [0.2, 0.25) is 0 Å². The molecule has 3 aromatic rings. The summed E-state index contributed by atoms with van der Waals surface area (Å²) < 4.78 is 39.6. The van der Waals surface area contributed by atoms with Crippen LogP contribution < -0.4 is 15.5 Å². The summed E-state index contributed by atoms with van der Waals surface area (Å²) in [6, 6.07) is 3.64. The number of aromatic nitrogens is 4. The van der Waals surface area contributed by atoms with Crippen molar-refractivity contribution in [2.45, 2.75) is 6.18 Å². The molecule has 0 aliphatic carbocycles. The summed E-state index contributed by atoms with van der Waals surface area (Å²) >= 11 is 0. The molecule has 1 aromatic carbocycles. The third-order valence-electron chi connectivity index (χ3n) is 3.63. The second kappa shape index (κ2) is 7.55. The number of nitrogens with zero attached hydrogens (tertiary/aromatic N) is 5. The summed E-state index contributed by atoms with van der Waals surface area (Å²) in [5, 5.41) is 8.89. The van der Waals surface area contributed by atoms with Crippen molar-refractivity contribution in [2.24, 2.45) is 0 Å². The molecule has 0 saturated carbocycles. The number of hydrogen-bond acceptors (Lipinski definition) is 5. The molecule has 2 heterocycles. The zero-order valence-corrected chi connectivity index (χ0v) is 14.9. The van der Waals surface area contributed by atoms with Gasteiger partial charge in [-0.3, -0.25) is 0 Å². The highest BCUT2D eigenvalue weighted by atomic mass is 19.4. The van der Waals surface area contributed by atoms with E-state index >= 15 is 0 Å². The highest BCUT2D eigenvalue weighted by Crippen LogP contribution is 2.30. The first kappa shape index (κ1) is 19.1. The molecule has 2 amide bonds. The van der Waals surface area contributed by atoms with Crippen LogP contribution >= 0.6 is 0 Å². The zero-order chi connectivity index (χ0) is 20.3. The molecule has 11 heteroatoms. The van der Waals surface area contributed by atoms with E-state index in [1.54, 1.807) is 12.4 Å². The van der Waals surface area contributed by atoms with Crippen LogP contribution in [0, 0.1) is 0 Å². The van der Waals surface area contributed by atoms with Crippen molar-refractivity contribution in [3.63, 3.8) is 0 Å². The molecule has 0 spiro atoms. The van der Waals surface area contributed by atoms with E-state index < -0.39 is 17.8 Å². The monoisotopic (exact) mass is 391 g/mol. The van der Waals surface area contributed by atoms with Gasteiger partial charge in [-0.1, -0.05) is 6.07 Å². The number of carbonyl (C=O) groups excluding carboxylic acids is 1. The molecule has 28 heavy (non-hydrogen) atoms. The Kier molecular flexibility index (Phi) is 5.16. The summed E-state index contributed by atoms with van der Waals surface area (Å²) in [5.41, 5.74) is 0.304. The summed E-state index contributed by atoms with van der Waals surface area (Å²) in [5.74, 6) is 0.303. The van der Waals surface area contributed by atoms with Crippen LogP contribution in [0.4, 0.5) is 35.0 Å². The van der Waals surface area contributed by atoms with Crippen LogP contribution in [0.5, 0.6) is 0 Å². The summed E-state index contributed by atoms with van der Waals surface area (Å²) in [4.78, 5) is 22.2. The summed E-state index contributed by atoms with van der Waals surface area (Å²) in [7, 11) is 3.72. The van der Waals surface area contributed by atoms with Gasteiger partial charge < -0.3 is 15.5 Å². The first-order valence-electron chi connectivity index (χ1n) is 8.02. The molecule has 8 nitrogen and oxygen atoms in total. The fourth-order valence-corrected chi connectivity index (χ4v) is 2.23. The van der Waals surface area contributed by atoms with Gasteiger partial charge in [0.1, 0.15) is 0 Å². The van der Waals surface area contributed by atoms with E-state index in [4.69, 9.17) is 0 Å². The Labute approximate surface area is 158 Å². The SMILES string of the molecule is CN(C)c1cnc(-n2cc(NC(=O)Nc3cccc(C(F)(F)F)c3)cn2)nc1. The van der Waals surface area contributed by atoms with Gasteiger partial charge in [0.25, 0.3) is 5.95 Å². The third kappa shape index (κ3) is 4.55. The second-order valence-electron chi connectivity index (χ2n) is 5.97. The van der Waals surface area contributed by atoms with Gasteiger partial charge in [-0.25, -0.2) is 19.4 Å². The molecule has 2 N–H and O–H groups in total. The Balaban J connectivity index is 1.66. The maximum absolute atomic E-state index is 12.7. The minimum Gasteiger partial charge on any atom is -0.375 e. The summed E-state index contributed by atoms with van der Waals surface area (Å²) in [6.45, 7) is 0. The van der Waals surface area contributed by atoms with Crippen molar-refractivity contribution < 1.29 is 18.0 Å². The molecular formula is C17H16F3N7O. The van der Waals surface area contributed by atoms with Gasteiger partial charge in [-0.15, -0.1) is 0 Å². The lowest BCUT2D eigenvalue weighted by atomic mass is 10.2. The molecular weight excluding hydrogens is 375 g/mol. The maximum Gasteiger partial charge on any atom is 0.416 e. The molecule has 0 radical (unpaired) electrons. The van der Waals surface area contributed by atoms with Crippen molar-refractivity contribution >= 4 is 23.1 Å². The average molecular weight is 391 g/mol. The quantitative estimate of drug-likeness (QED) is 0.712. The first-order valence-corrected chi connectivity index (χ1v) is 8.02. The van der Waals surface area contributed by atoms with Crippen molar-refractivity contribution in [1.29, 1.82) is 0 Å². The van der Waals surface area contributed by atoms with Gasteiger partial charge >= 0.3 is 12.2 Å². The number of nitrogens with one attached hydrogen (secondary N) is 2. The number of amides is 2. The molecule has 0 saturated heterocycles. The standard InChI is InChI=1S/C17H16F3N7O/c1-26(2)14-8-21-15(22-9-14)27-10-13(7-23-27)25-16(28)24-12-5-3-4-11(6-12)17(18,19)20/h3-10H,1-2H3,(H2,24,25,28).